The maximum atomic E-state index is 13.0. The Morgan fingerprint density at radius 1 is 1.08 bits per heavy atom. The number of benzene rings is 1. The quantitative estimate of drug-likeness (QED) is 0.344. The lowest BCUT2D eigenvalue weighted by Gasteiger charge is -2.30. The van der Waals surface area contributed by atoms with Crippen LogP contribution >= 0.6 is 0 Å². The standard InChI is InChI=1S/C27H38N4O5/c1-17(2)13-21(31-25(35)36-26(3,4)5)22(32)16-24(34)27(28,29)23(33)15-18-9-8-10-19(14-18)20-11-6-7-12-30-20/h6-12,14,17,21,24,34H,13,15-16,28-29H2,1-5H3,(H,31,35)/t21-,24?/m0/s1. The van der Waals surface area contributed by atoms with Crippen LogP contribution in [0.25, 0.3) is 11.3 Å². The first kappa shape index (κ1) is 29.1. The van der Waals surface area contributed by atoms with Gasteiger partial charge in [-0.1, -0.05) is 38.1 Å². The molecule has 0 saturated heterocycles. The third-order valence-corrected chi connectivity index (χ3v) is 5.47. The Kier molecular flexibility index (Phi) is 9.86. The van der Waals surface area contributed by atoms with Gasteiger partial charge in [0.2, 0.25) is 0 Å². The number of aliphatic hydroxyl groups is 1. The van der Waals surface area contributed by atoms with Crippen LogP contribution in [0.4, 0.5) is 4.79 Å². The number of aromatic nitrogens is 1. The SMILES string of the molecule is CC(C)C[C@H](NC(=O)OC(C)(C)C)C(=O)CC(O)C(N)(N)C(=O)Cc1cccc(-c2ccccn2)c1. The van der Waals surface area contributed by atoms with Crippen LogP contribution in [0, 0.1) is 5.92 Å². The molecule has 2 rings (SSSR count). The number of carbonyl (C=O) groups excluding carboxylic acids is 3. The van der Waals surface area contributed by atoms with Crippen molar-refractivity contribution in [2.24, 2.45) is 17.4 Å². The van der Waals surface area contributed by atoms with Crippen molar-refractivity contribution in [3.8, 4) is 11.3 Å². The van der Waals surface area contributed by atoms with Crippen molar-refractivity contribution >= 4 is 17.7 Å². The van der Waals surface area contributed by atoms with Crippen LogP contribution in [0.3, 0.4) is 0 Å². The molecule has 0 fully saturated rings. The van der Waals surface area contributed by atoms with E-state index >= 15 is 0 Å². The molecule has 0 spiro atoms. The van der Waals surface area contributed by atoms with E-state index in [4.69, 9.17) is 16.2 Å². The summed E-state index contributed by atoms with van der Waals surface area (Å²) in [5, 5.41) is 13.2. The molecule has 36 heavy (non-hydrogen) atoms. The Morgan fingerprint density at radius 3 is 2.36 bits per heavy atom. The van der Waals surface area contributed by atoms with Gasteiger partial charge in [-0.15, -0.1) is 0 Å². The third-order valence-electron chi connectivity index (χ3n) is 5.47. The topological polar surface area (TPSA) is 158 Å². The fourth-order valence-electron chi connectivity index (χ4n) is 3.59. The fraction of sp³-hybridized carbons (Fsp3) is 0.481. The number of ketones is 2. The number of ether oxygens (including phenoxy) is 1. The number of nitrogens with two attached hydrogens (primary N) is 2. The highest BCUT2D eigenvalue weighted by Crippen LogP contribution is 2.20. The molecule has 1 amide bonds. The van der Waals surface area contributed by atoms with Gasteiger partial charge in [0.15, 0.2) is 17.2 Å². The second-order valence-corrected chi connectivity index (χ2v) is 10.5. The van der Waals surface area contributed by atoms with E-state index in [1.165, 1.54) is 0 Å². The average molecular weight is 499 g/mol. The molecule has 2 atom stereocenters. The van der Waals surface area contributed by atoms with Gasteiger partial charge in [-0.25, -0.2) is 4.79 Å². The summed E-state index contributed by atoms with van der Waals surface area (Å²) in [6.07, 6.45) is -1.03. The highest BCUT2D eigenvalue weighted by atomic mass is 16.6. The molecule has 0 aliphatic rings. The number of carbonyl (C=O) groups is 3. The Hall–Kier alpha value is -3.14. The maximum Gasteiger partial charge on any atom is 0.408 e. The summed E-state index contributed by atoms with van der Waals surface area (Å²) < 4.78 is 5.25. The summed E-state index contributed by atoms with van der Waals surface area (Å²) in [5.74, 6) is -1.05. The zero-order valence-electron chi connectivity index (χ0n) is 21.7. The Labute approximate surface area is 212 Å². The van der Waals surface area contributed by atoms with Crippen LogP contribution in [0.15, 0.2) is 48.7 Å². The van der Waals surface area contributed by atoms with E-state index in [1.807, 2.05) is 38.1 Å². The minimum atomic E-state index is -2.16. The summed E-state index contributed by atoms with van der Waals surface area (Å²) in [5.41, 5.74) is 11.4. The second-order valence-electron chi connectivity index (χ2n) is 10.5. The molecule has 0 aliphatic carbocycles. The highest BCUT2D eigenvalue weighted by molar-refractivity contribution is 5.92. The number of amides is 1. The number of nitrogens with one attached hydrogen (secondary N) is 1. The first-order chi connectivity index (χ1) is 16.7. The van der Waals surface area contributed by atoms with Crippen LogP contribution in [-0.2, 0) is 20.7 Å². The van der Waals surface area contributed by atoms with Crippen molar-refractivity contribution in [3.05, 3.63) is 54.2 Å². The van der Waals surface area contributed by atoms with Crippen LogP contribution in [0.5, 0.6) is 0 Å². The van der Waals surface area contributed by atoms with Gasteiger partial charge in [-0.3, -0.25) is 14.6 Å². The average Bonchev–Trinajstić information content (AvgIpc) is 2.77. The molecule has 0 bridgehead atoms. The molecular weight excluding hydrogens is 460 g/mol. The molecule has 0 aliphatic heterocycles. The van der Waals surface area contributed by atoms with Gasteiger partial charge in [0.25, 0.3) is 0 Å². The smallest absolute Gasteiger partial charge is 0.408 e. The molecule has 0 radical (unpaired) electrons. The fourth-order valence-corrected chi connectivity index (χ4v) is 3.59. The largest absolute Gasteiger partial charge is 0.444 e. The van der Waals surface area contributed by atoms with E-state index in [-0.39, 0.29) is 12.3 Å². The molecule has 0 saturated carbocycles. The zero-order chi connectivity index (χ0) is 27.1. The van der Waals surface area contributed by atoms with E-state index in [0.29, 0.717) is 12.0 Å². The van der Waals surface area contributed by atoms with Crippen molar-refractivity contribution < 1.29 is 24.2 Å². The van der Waals surface area contributed by atoms with Crippen molar-refractivity contribution in [2.45, 2.75) is 77.3 Å². The number of aliphatic hydroxyl groups excluding tert-OH is 1. The number of Topliss-reactive ketones (excluding diaryl/α,β-unsaturated/α-hetero) is 2. The predicted molar refractivity (Wildman–Crippen MR) is 138 cm³/mol. The number of alkyl carbamates (subject to hydrolysis) is 1. The first-order valence-electron chi connectivity index (χ1n) is 12.0. The van der Waals surface area contributed by atoms with Gasteiger partial charge < -0.3 is 26.6 Å². The lowest BCUT2D eigenvalue weighted by Crippen LogP contribution is -2.65. The maximum absolute atomic E-state index is 13.0. The van der Waals surface area contributed by atoms with E-state index in [2.05, 4.69) is 10.3 Å². The van der Waals surface area contributed by atoms with E-state index in [9.17, 15) is 19.5 Å². The van der Waals surface area contributed by atoms with Crippen LogP contribution < -0.4 is 16.8 Å². The summed E-state index contributed by atoms with van der Waals surface area (Å²) in [7, 11) is 0. The summed E-state index contributed by atoms with van der Waals surface area (Å²) >= 11 is 0. The number of hydrogen-bond acceptors (Lipinski definition) is 8. The van der Waals surface area contributed by atoms with Gasteiger partial charge in [0.05, 0.1) is 17.8 Å². The highest BCUT2D eigenvalue weighted by Gasteiger charge is 2.39. The van der Waals surface area contributed by atoms with Gasteiger partial charge >= 0.3 is 6.09 Å². The van der Waals surface area contributed by atoms with Crippen molar-refractivity contribution in [2.75, 3.05) is 0 Å². The molecule has 196 valence electrons. The summed E-state index contributed by atoms with van der Waals surface area (Å²) in [4.78, 5) is 42.4. The van der Waals surface area contributed by atoms with E-state index in [0.717, 1.165) is 11.3 Å². The van der Waals surface area contributed by atoms with Gasteiger partial charge in [-0.2, -0.15) is 0 Å². The van der Waals surface area contributed by atoms with Crippen LogP contribution in [0.2, 0.25) is 0 Å². The Morgan fingerprint density at radius 2 is 1.78 bits per heavy atom. The molecule has 9 heteroatoms. The molecule has 1 heterocycles. The van der Waals surface area contributed by atoms with Gasteiger partial charge in [0, 0.05) is 24.6 Å². The normalized spacial score (nSPS) is 13.7. The minimum absolute atomic E-state index is 0.0690. The molecule has 1 aromatic heterocycles. The lowest BCUT2D eigenvalue weighted by atomic mass is 9.88. The number of rotatable bonds is 11. The predicted octanol–water partition coefficient (Wildman–Crippen LogP) is 2.73. The number of pyridine rings is 1. The van der Waals surface area contributed by atoms with Crippen LogP contribution in [0.1, 0.15) is 53.0 Å². The molecule has 1 aromatic carbocycles. The monoisotopic (exact) mass is 498 g/mol. The minimum Gasteiger partial charge on any atom is -0.444 e. The molecule has 9 nitrogen and oxygen atoms in total. The van der Waals surface area contributed by atoms with Crippen molar-refractivity contribution in [1.29, 1.82) is 0 Å². The number of hydrogen-bond donors (Lipinski definition) is 4. The van der Waals surface area contributed by atoms with E-state index < -0.39 is 47.5 Å². The lowest BCUT2D eigenvalue weighted by molar-refractivity contribution is -0.130. The summed E-state index contributed by atoms with van der Waals surface area (Å²) in [6.45, 7) is 8.93. The summed E-state index contributed by atoms with van der Waals surface area (Å²) in [6, 6.07) is 11.8. The zero-order valence-corrected chi connectivity index (χ0v) is 21.7. The van der Waals surface area contributed by atoms with Gasteiger partial charge in [0.1, 0.15) is 5.60 Å². The molecular formula is C27H38N4O5. The van der Waals surface area contributed by atoms with Gasteiger partial charge in [-0.05, 0) is 56.9 Å². The molecule has 1 unspecified atom stereocenters. The van der Waals surface area contributed by atoms with Crippen LogP contribution in [-0.4, -0.2) is 51.2 Å². The van der Waals surface area contributed by atoms with Crippen molar-refractivity contribution in [1.82, 2.24) is 10.3 Å². The molecule has 6 N–H and O–H groups in total. The Balaban J connectivity index is 2.08. The van der Waals surface area contributed by atoms with Crippen molar-refractivity contribution in [3.63, 3.8) is 0 Å². The number of nitrogens with zero attached hydrogens (tertiary/aromatic N) is 1. The Bertz CT molecular complexity index is 1050. The first-order valence-corrected chi connectivity index (χ1v) is 12.0. The third kappa shape index (κ3) is 8.82. The molecule has 2 aromatic rings. The second kappa shape index (κ2) is 12.2. The van der Waals surface area contributed by atoms with E-state index in [1.54, 1.807) is 45.2 Å².